The van der Waals surface area contributed by atoms with Crippen molar-refractivity contribution in [3.63, 3.8) is 0 Å². The maximum atomic E-state index is 13.3. The van der Waals surface area contributed by atoms with Gasteiger partial charge in [-0.3, -0.25) is 39.1 Å². The van der Waals surface area contributed by atoms with Crippen LogP contribution in [0.3, 0.4) is 0 Å². The van der Waals surface area contributed by atoms with Crippen LogP contribution in [-0.4, -0.2) is 91.2 Å². The van der Waals surface area contributed by atoms with Crippen LogP contribution < -0.4 is 15.5 Å². The van der Waals surface area contributed by atoms with E-state index in [1.54, 1.807) is 24.3 Å². The topological polar surface area (TPSA) is 187 Å². The number of aromatic amines is 1. The third-order valence-corrected chi connectivity index (χ3v) is 11.9. The van der Waals surface area contributed by atoms with Gasteiger partial charge in [0.1, 0.15) is 11.9 Å². The monoisotopic (exact) mass is 769 g/mol. The SMILES string of the molecule is C[C@H]1CCCN1Cc1nc2ccc(NC(=O)c3ccc(-c4noc(CCC5CCN(c6ccc7c(c6)C(=O)N(C6CCC(=O)NC6=O)C7=O)CC5)n4)cc3)cc2[nH]1. The van der Waals surface area contributed by atoms with Crippen molar-refractivity contribution in [1.82, 2.24) is 35.2 Å². The maximum Gasteiger partial charge on any atom is 0.262 e. The van der Waals surface area contributed by atoms with Gasteiger partial charge in [0.05, 0.1) is 28.7 Å². The van der Waals surface area contributed by atoms with Crippen molar-refractivity contribution in [3.8, 4) is 11.4 Å². The minimum absolute atomic E-state index is 0.0825. The fourth-order valence-corrected chi connectivity index (χ4v) is 8.55. The van der Waals surface area contributed by atoms with Gasteiger partial charge in [-0.25, -0.2) is 4.98 Å². The molecule has 15 heteroatoms. The minimum Gasteiger partial charge on any atom is -0.371 e. The number of imide groups is 2. The van der Waals surface area contributed by atoms with Crippen LogP contribution in [0.2, 0.25) is 0 Å². The molecule has 2 aromatic heterocycles. The van der Waals surface area contributed by atoms with Gasteiger partial charge in [0.2, 0.25) is 23.5 Å². The molecule has 0 radical (unpaired) electrons. The average molecular weight is 770 g/mol. The smallest absolute Gasteiger partial charge is 0.262 e. The van der Waals surface area contributed by atoms with Crippen molar-refractivity contribution in [3.05, 3.63) is 89.1 Å². The van der Waals surface area contributed by atoms with E-state index in [1.165, 1.54) is 12.8 Å². The summed E-state index contributed by atoms with van der Waals surface area (Å²) in [5.41, 5.74) is 5.13. The Morgan fingerprint density at radius 3 is 2.47 bits per heavy atom. The first-order valence-electron chi connectivity index (χ1n) is 19.7. The number of fused-ring (bicyclic) bond motifs is 2. The van der Waals surface area contributed by atoms with E-state index in [0.717, 1.165) is 78.5 Å². The molecular weight excluding hydrogens is 727 g/mol. The van der Waals surface area contributed by atoms with Gasteiger partial charge in [-0.15, -0.1) is 0 Å². The van der Waals surface area contributed by atoms with Crippen molar-refractivity contribution >= 4 is 51.9 Å². The summed E-state index contributed by atoms with van der Waals surface area (Å²) < 4.78 is 5.60. The number of carbonyl (C=O) groups excluding carboxylic acids is 5. The van der Waals surface area contributed by atoms with E-state index in [9.17, 15) is 24.0 Å². The molecule has 3 aromatic carbocycles. The van der Waals surface area contributed by atoms with Gasteiger partial charge in [-0.1, -0.05) is 17.3 Å². The molecule has 4 aliphatic heterocycles. The van der Waals surface area contributed by atoms with Gasteiger partial charge in [0, 0.05) is 54.5 Å². The largest absolute Gasteiger partial charge is 0.371 e. The number of carbonyl (C=O) groups is 5. The third kappa shape index (κ3) is 7.30. The standard InChI is InChI=1S/C42H43N9O6/c1-24-3-2-18-50(24)23-35-44-32-12-9-28(21-33(32)45-35)43-39(53)27-7-5-26(6-8-27)38-47-37(57-48-38)15-4-25-16-19-49(20-17-25)29-10-11-30-31(22-29)42(56)51(41(30)55)34-13-14-36(52)46-40(34)54/h5-12,21-22,24-25,34H,2-4,13-20,23H2,1H3,(H,43,53)(H,44,45)(H,46,52,54)/t24-,34?/m0/s1. The van der Waals surface area contributed by atoms with Crippen molar-refractivity contribution in [2.24, 2.45) is 5.92 Å². The summed E-state index contributed by atoms with van der Waals surface area (Å²) in [7, 11) is 0. The minimum atomic E-state index is -0.985. The molecular formula is C42H43N9O6. The van der Waals surface area contributed by atoms with Crippen molar-refractivity contribution in [1.29, 1.82) is 0 Å². The number of nitrogens with one attached hydrogen (secondary N) is 3. The normalized spacial score (nSPS) is 20.4. The van der Waals surface area contributed by atoms with E-state index in [4.69, 9.17) is 9.51 Å². The molecule has 3 fully saturated rings. The number of nitrogens with zero attached hydrogens (tertiary/aromatic N) is 6. The molecule has 57 heavy (non-hydrogen) atoms. The van der Waals surface area contributed by atoms with Gasteiger partial charge >= 0.3 is 0 Å². The average Bonchev–Trinajstić information content (AvgIpc) is 4.01. The second-order valence-corrected chi connectivity index (χ2v) is 15.6. The molecule has 0 saturated carbocycles. The number of imidazole rings is 1. The molecule has 4 aliphatic rings. The molecule has 292 valence electrons. The molecule has 0 spiro atoms. The fraction of sp³-hybridized carbons (Fsp3) is 0.381. The number of anilines is 2. The number of rotatable bonds is 10. The van der Waals surface area contributed by atoms with Crippen LogP contribution in [0.15, 0.2) is 65.2 Å². The van der Waals surface area contributed by atoms with Crippen LogP contribution in [0.1, 0.15) is 94.7 Å². The van der Waals surface area contributed by atoms with Gasteiger partial charge in [0.25, 0.3) is 17.7 Å². The molecule has 9 rings (SSSR count). The zero-order valence-corrected chi connectivity index (χ0v) is 31.6. The first-order valence-corrected chi connectivity index (χ1v) is 19.7. The highest BCUT2D eigenvalue weighted by molar-refractivity contribution is 6.23. The summed E-state index contributed by atoms with van der Waals surface area (Å²) in [6, 6.07) is 17.7. The Kier molecular flexibility index (Phi) is 9.60. The Morgan fingerprint density at radius 1 is 0.895 bits per heavy atom. The number of H-pyrrole nitrogens is 1. The Balaban J connectivity index is 0.753. The van der Waals surface area contributed by atoms with Gasteiger partial charge in [-0.05, 0) is 106 Å². The van der Waals surface area contributed by atoms with Gasteiger partial charge in [-0.2, -0.15) is 4.98 Å². The quantitative estimate of drug-likeness (QED) is 0.161. The number of aryl methyl sites for hydroxylation is 1. The Bertz CT molecular complexity index is 2400. The number of benzene rings is 3. The molecule has 0 bridgehead atoms. The van der Waals surface area contributed by atoms with Crippen LogP contribution >= 0.6 is 0 Å². The zero-order valence-electron chi connectivity index (χ0n) is 31.6. The van der Waals surface area contributed by atoms with Crippen LogP contribution in [0.4, 0.5) is 11.4 Å². The third-order valence-electron chi connectivity index (χ3n) is 11.9. The molecule has 2 atom stereocenters. The summed E-state index contributed by atoms with van der Waals surface area (Å²) in [5, 5.41) is 9.42. The molecule has 5 aromatic rings. The van der Waals surface area contributed by atoms with Crippen LogP contribution in [0.25, 0.3) is 22.4 Å². The van der Waals surface area contributed by atoms with Crippen LogP contribution in [-0.2, 0) is 22.6 Å². The van der Waals surface area contributed by atoms with E-state index >= 15 is 0 Å². The summed E-state index contributed by atoms with van der Waals surface area (Å²) in [6.07, 6.45) is 6.04. The molecule has 5 amide bonds. The predicted molar refractivity (Wildman–Crippen MR) is 209 cm³/mol. The first kappa shape index (κ1) is 36.4. The summed E-state index contributed by atoms with van der Waals surface area (Å²) in [5.74, 6) is 0.163. The molecule has 15 nitrogen and oxygen atoms in total. The zero-order chi connectivity index (χ0) is 39.2. The number of amides is 5. The number of hydrogen-bond donors (Lipinski definition) is 3. The highest BCUT2D eigenvalue weighted by atomic mass is 16.5. The van der Waals surface area contributed by atoms with Crippen molar-refractivity contribution in [2.45, 2.75) is 76.9 Å². The van der Waals surface area contributed by atoms with Gasteiger partial charge in [0.15, 0.2) is 0 Å². The summed E-state index contributed by atoms with van der Waals surface area (Å²) in [4.78, 5) is 81.9. The summed E-state index contributed by atoms with van der Waals surface area (Å²) in [6.45, 7) is 5.70. The predicted octanol–water partition coefficient (Wildman–Crippen LogP) is 5.10. The first-order chi connectivity index (χ1) is 27.7. The molecule has 3 saturated heterocycles. The number of aromatic nitrogens is 4. The highest BCUT2D eigenvalue weighted by Crippen LogP contribution is 2.33. The van der Waals surface area contributed by atoms with E-state index in [-0.39, 0.29) is 29.9 Å². The van der Waals surface area contributed by atoms with E-state index < -0.39 is 29.7 Å². The lowest BCUT2D eigenvalue weighted by atomic mass is 9.91. The lowest BCUT2D eigenvalue weighted by molar-refractivity contribution is -0.136. The lowest BCUT2D eigenvalue weighted by Crippen LogP contribution is -2.54. The van der Waals surface area contributed by atoms with Crippen molar-refractivity contribution < 1.29 is 28.5 Å². The molecule has 3 N–H and O–H groups in total. The van der Waals surface area contributed by atoms with E-state index in [0.29, 0.717) is 41.3 Å². The Labute approximate surface area is 328 Å². The number of likely N-dealkylation sites (tertiary alicyclic amines) is 1. The van der Waals surface area contributed by atoms with Gasteiger partial charge < -0.3 is 19.7 Å². The molecule has 6 heterocycles. The second kappa shape index (κ2) is 15.0. The second-order valence-electron chi connectivity index (χ2n) is 15.6. The Morgan fingerprint density at radius 2 is 1.70 bits per heavy atom. The Hall–Kier alpha value is -6.22. The van der Waals surface area contributed by atoms with Crippen LogP contribution in [0, 0.1) is 5.92 Å². The van der Waals surface area contributed by atoms with Crippen LogP contribution in [0.5, 0.6) is 0 Å². The fourth-order valence-electron chi connectivity index (χ4n) is 8.55. The lowest BCUT2D eigenvalue weighted by Gasteiger charge is -2.33. The number of piperidine rings is 2. The molecule has 1 unspecified atom stereocenters. The number of hydrogen-bond acceptors (Lipinski definition) is 11. The maximum absolute atomic E-state index is 13.3. The van der Waals surface area contributed by atoms with E-state index in [1.807, 2.05) is 36.4 Å². The highest BCUT2D eigenvalue weighted by Gasteiger charge is 2.45. The summed E-state index contributed by atoms with van der Waals surface area (Å²) >= 11 is 0. The van der Waals surface area contributed by atoms with Crippen molar-refractivity contribution in [2.75, 3.05) is 29.9 Å². The van der Waals surface area contributed by atoms with E-state index in [2.05, 4.69) is 42.5 Å². The molecule has 0 aliphatic carbocycles.